The number of pyridine rings is 1. The molecule has 0 radical (unpaired) electrons. The quantitative estimate of drug-likeness (QED) is 0.898. The first kappa shape index (κ1) is 14.9. The third kappa shape index (κ3) is 2.80. The van der Waals surface area contributed by atoms with Crippen molar-refractivity contribution in [3.05, 3.63) is 54.0 Å². The zero-order chi connectivity index (χ0) is 15.9. The number of allylic oxidation sites excluding steroid dienone is 1. The highest BCUT2D eigenvalue weighted by Gasteiger charge is 2.25. The fourth-order valence-corrected chi connectivity index (χ4v) is 3.24. The lowest BCUT2D eigenvalue weighted by atomic mass is 9.86. The summed E-state index contributed by atoms with van der Waals surface area (Å²) in [5.74, 6) is 0.170. The maximum absolute atomic E-state index is 12.1. The molecule has 3 nitrogen and oxygen atoms in total. The minimum Gasteiger partial charge on any atom is -0.330 e. The van der Waals surface area contributed by atoms with Gasteiger partial charge in [-0.2, -0.15) is 0 Å². The van der Waals surface area contributed by atoms with E-state index in [2.05, 4.69) is 67.7 Å². The summed E-state index contributed by atoms with van der Waals surface area (Å²) < 4.78 is 2.18. The summed E-state index contributed by atoms with van der Waals surface area (Å²) >= 11 is 0. The van der Waals surface area contributed by atoms with Crippen LogP contribution in [0.15, 0.2) is 42.9 Å². The van der Waals surface area contributed by atoms with Crippen LogP contribution in [0, 0.1) is 5.92 Å². The Bertz CT molecular complexity index is 733. The van der Waals surface area contributed by atoms with Gasteiger partial charge in [-0.25, -0.2) is 0 Å². The van der Waals surface area contributed by atoms with Crippen LogP contribution in [0.5, 0.6) is 0 Å². The van der Waals surface area contributed by atoms with E-state index >= 15 is 0 Å². The van der Waals surface area contributed by atoms with Crippen molar-refractivity contribution in [3.8, 4) is 0 Å². The number of hydrogen-bond donors (Lipinski definition) is 1. The molecule has 1 aliphatic heterocycles. The molecule has 1 N–H and O–H groups in total. The minimum atomic E-state index is 0.0565. The predicted octanol–water partition coefficient (Wildman–Crippen LogP) is 3.82. The monoisotopic (exact) mass is 296 g/mol. The van der Waals surface area contributed by atoms with Crippen molar-refractivity contribution in [2.24, 2.45) is 5.92 Å². The van der Waals surface area contributed by atoms with E-state index in [0.29, 0.717) is 0 Å². The second kappa shape index (κ2) is 5.31. The number of hydrogen-bond acceptors (Lipinski definition) is 1. The molecular weight excluding hydrogens is 272 g/mol. The van der Waals surface area contributed by atoms with Crippen LogP contribution in [0.3, 0.4) is 0 Å². The Labute approximate surface area is 132 Å². The Kier molecular flexibility index (Phi) is 3.59. The summed E-state index contributed by atoms with van der Waals surface area (Å²) in [6.07, 6.45) is 6.81. The molecule has 0 bridgehead atoms. The average molecular weight is 296 g/mol. The number of fused-ring (bicyclic) bond motifs is 1. The molecule has 0 aliphatic carbocycles. The van der Waals surface area contributed by atoms with E-state index in [9.17, 15) is 4.79 Å². The maximum Gasteiger partial charge on any atom is 0.227 e. The molecular formula is C19H24N2O. The van der Waals surface area contributed by atoms with Crippen molar-refractivity contribution in [2.45, 2.75) is 45.4 Å². The third-order valence-corrected chi connectivity index (χ3v) is 4.45. The molecule has 3 rings (SSSR count). The van der Waals surface area contributed by atoms with E-state index in [4.69, 9.17) is 0 Å². The van der Waals surface area contributed by atoms with Gasteiger partial charge in [0.2, 0.25) is 5.91 Å². The maximum atomic E-state index is 12.1. The van der Waals surface area contributed by atoms with Crippen LogP contribution < -0.4 is 5.32 Å². The molecule has 116 valence electrons. The lowest BCUT2D eigenvalue weighted by Crippen LogP contribution is -2.35. The molecule has 3 heteroatoms. The molecule has 0 spiro atoms. The second-order valence-corrected chi connectivity index (χ2v) is 7.35. The van der Waals surface area contributed by atoms with Gasteiger partial charge >= 0.3 is 0 Å². The summed E-state index contributed by atoms with van der Waals surface area (Å²) in [7, 11) is 0. The first-order chi connectivity index (χ1) is 10.3. The summed E-state index contributed by atoms with van der Waals surface area (Å²) in [5, 5.41) is 2.88. The van der Waals surface area contributed by atoms with Crippen molar-refractivity contribution < 1.29 is 4.79 Å². The molecule has 1 fully saturated rings. The van der Waals surface area contributed by atoms with Crippen molar-refractivity contribution in [2.75, 3.05) is 0 Å². The van der Waals surface area contributed by atoms with Gasteiger partial charge in [-0.05, 0) is 47.9 Å². The zero-order valence-electron chi connectivity index (χ0n) is 13.6. The number of aromatic nitrogens is 1. The molecule has 2 aromatic rings. The van der Waals surface area contributed by atoms with Crippen LogP contribution in [-0.4, -0.2) is 10.3 Å². The first-order valence-electron chi connectivity index (χ1n) is 7.93. The minimum absolute atomic E-state index is 0.0565. The highest BCUT2D eigenvalue weighted by molar-refractivity contribution is 5.81. The number of rotatable bonds is 2. The molecule has 3 heterocycles. The van der Waals surface area contributed by atoms with E-state index in [1.54, 1.807) is 0 Å². The van der Waals surface area contributed by atoms with Gasteiger partial charge in [-0.1, -0.05) is 33.4 Å². The topological polar surface area (TPSA) is 33.5 Å². The molecule has 2 aromatic heterocycles. The van der Waals surface area contributed by atoms with Gasteiger partial charge in [-0.3, -0.25) is 4.79 Å². The van der Waals surface area contributed by atoms with Gasteiger partial charge in [0, 0.05) is 29.5 Å². The van der Waals surface area contributed by atoms with Crippen molar-refractivity contribution in [3.63, 3.8) is 0 Å². The van der Waals surface area contributed by atoms with E-state index in [0.717, 1.165) is 25.0 Å². The number of nitrogens with one attached hydrogen (secondary N) is 1. The Morgan fingerprint density at radius 3 is 2.86 bits per heavy atom. The molecule has 1 amide bonds. The van der Waals surface area contributed by atoms with Crippen LogP contribution in [-0.2, 0) is 16.6 Å². The Morgan fingerprint density at radius 2 is 2.18 bits per heavy atom. The van der Waals surface area contributed by atoms with Gasteiger partial charge in [0.1, 0.15) is 0 Å². The summed E-state index contributed by atoms with van der Waals surface area (Å²) in [4.78, 5) is 12.1. The summed E-state index contributed by atoms with van der Waals surface area (Å²) in [6, 6.07) is 6.52. The molecule has 1 unspecified atom stereocenters. The lowest BCUT2D eigenvalue weighted by molar-refractivity contribution is -0.125. The number of amides is 1. The molecule has 0 saturated carbocycles. The number of carbonyl (C=O) groups excluding carboxylic acids is 1. The van der Waals surface area contributed by atoms with Crippen LogP contribution in [0.25, 0.3) is 5.52 Å². The van der Waals surface area contributed by atoms with Gasteiger partial charge in [0.25, 0.3) is 0 Å². The van der Waals surface area contributed by atoms with E-state index in [1.807, 2.05) is 0 Å². The van der Waals surface area contributed by atoms with E-state index in [-0.39, 0.29) is 17.2 Å². The standard InChI is InChI=1S/C19H24N2O/c1-13-7-8-15(18(22)20-13)10-14-11-17-16(19(2,3)4)6-5-9-21(17)12-14/h5-6,9,11-12,15H,1,7-8,10H2,2-4H3,(H,20,22). The summed E-state index contributed by atoms with van der Waals surface area (Å²) in [6.45, 7) is 10.5. The average Bonchev–Trinajstić information content (AvgIpc) is 2.83. The molecule has 1 saturated heterocycles. The Hall–Kier alpha value is -2.03. The molecule has 22 heavy (non-hydrogen) atoms. The van der Waals surface area contributed by atoms with Gasteiger partial charge in [-0.15, -0.1) is 0 Å². The number of piperidine rings is 1. The molecule has 0 aromatic carbocycles. The van der Waals surface area contributed by atoms with Gasteiger partial charge in [0.15, 0.2) is 0 Å². The smallest absolute Gasteiger partial charge is 0.227 e. The van der Waals surface area contributed by atoms with Crippen molar-refractivity contribution >= 4 is 11.4 Å². The highest BCUT2D eigenvalue weighted by atomic mass is 16.1. The largest absolute Gasteiger partial charge is 0.330 e. The number of carbonyl (C=O) groups is 1. The van der Waals surface area contributed by atoms with Gasteiger partial charge < -0.3 is 9.72 Å². The fourth-order valence-electron chi connectivity index (χ4n) is 3.24. The highest BCUT2D eigenvalue weighted by Crippen LogP contribution is 2.29. The van der Waals surface area contributed by atoms with Gasteiger partial charge in [0.05, 0.1) is 0 Å². The van der Waals surface area contributed by atoms with Crippen molar-refractivity contribution in [1.82, 2.24) is 9.72 Å². The Balaban J connectivity index is 1.90. The third-order valence-electron chi connectivity index (χ3n) is 4.45. The van der Waals surface area contributed by atoms with Crippen LogP contribution in [0.4, 0.5) is 0 Å². The van der Waals surface area contributed by atoms with Crippen LogP contribution >= 0.6 is 0 Å². The van der Waals surface area contributed by atoms with Crippen LogP contribution in [0.2, 0.25) is 0 Å². The summed E-state index contributed by atoms with van der Waals surface area (Å²) in [5.41, 5.74) is 4.76. The SMILES string of the molecule is C=C1CCC(Cc2cc3c(C(C)(C)C)cccn3c2)C(=O)N1. The fraction of sp³-hybridized carbons (Fsp3) is 0.421. The zero-order valence-corrected chi connectivity index (χ0v) is 13.6. The van der Waals surface area contributed by atoms with E-state index in [1.165, 1.54) is 16.6 Å². The van der Waals surface area contributed by atoms with Crippen LogP contribution in [0.1, 0.15) is 44.7 Å². The Morgan fingerprint density at radius 1 is 1.41 bits per heavy atom. The first-order valence-corrected chi connectivity index (χ1v) is 7.93. The molecule has 1 atom stereocenters. The number of nitrogens with zero attached hydrogens (tertiary/aromatic N) is 1. The lowest BCUT2D eigenvalue weighted by Gasteiger charge is -2.23. The normalized spacial score (nSPS) is 19.5. The second-order valence-electron chi connectivity index (χ2n) is 7.35. The van der Waals surface area contributed by atoms with Crippen molar-refractivity contribution in [1.29, 1.82) is 0 Å². The predicted molar refractivity (Wildman–Crippen MR) is 89.8 cm³/mol. The molecule has 1 aliphatic rings. The van der Waals surface area contributed by atoms with E-state index < -0.39 is 0 Å².